The quantitative estimate of drug-likeness (QED) is 0.683. The molecule has 0 atom stereocenters. The van der Waals surface area contributed by atoms with Crippen molar-refractivity contribution in [3.63, 3.8) is 0 Å². The number of nitrogens with zero attached hydrogens (tertiary/aromatic N) is 1. The van der Waals surface area contributed by atoms with Gasteiger partial charge in [-0.05, 0) is 20.8 Å². The zero-order valence-corrected chi connectivity index (χ0v) is 10.2. The molecule has 1 aromatic heterocycles. The molecule has 0 bridgehead atoms. The van der Waals surface area contributed by atoms with Gasteiger partial charge in [-0.2, -0.15) is 0 Å². The molecule has 0 amide bonds. The van der Waals surface area contributed by atoms with E-state index in [1.807, 2.05) is 26.8 Å². The molecule has 1 heterocycles. The number of nitrogens with one attached hydrogen (secondary N) is 1. The Morgan fingerprint density at radius 1 is 1.38 bits per heavy atom. The smallest absolute Gasteiger partial charge is 0.169 e. The number of aromatic nitrogens is 1. The maximum atomic E-state index is 5.40. The summed E-state index contributed by atoms with van der Waals surface area (Å²) in [6.07, 6.45) is -0.192. The molecule has 5 nitrogen and oxygen atoms in total. The predicted octanol–water partition coefficient (Wildman–Crippen LogP) is 1.47. The van der Waals surface area contributed by atoms with Crippen LogP contribution in [0.5, 0.6) is 0 Å². The first-order valence-corrected chi connectivity index (χ1v) is 5.62. The first-order valence-electron chi connectivity index (χ1n) is 5.62. The summed E-state index contributed by atoms with van der Waals surface area (Å²) in [5.41, 5.74) is 0.893. The molecule has 5 heteroatoms. The standard InChI is InChI=1S/C11H20N2O3/c1-4-14-11(15-5-2)8-12-7-10-6-9(3)16-13-10/h6,11-12H,4-5,7-8H2,1-3H3. The zero-order chi connectivity index (χ0) is 11.8. The lowest BCUT2D eigenvalue weighted by Crippen LogP contribution is -2.31. The van der Waals surface area contributed by atoms with Crippen LogP contribution in [0.3, 0.4) is 0 Å². The number of rotatable bonds is 8. The average Bonchev–Trinajstić information content (AvgIpc) is 2.65. The summed E-state index contributed by atoms with van der Waals surface area (Å²) < 4.78 is 15.8. The van der Waals surface area contributed by atoms with Gasteiger partial charge in [0, 0.05) is 32.4 Å². The Kier molecular flexibility index (Phi) is 6.07. The van der Waals surface area contributed by atoms with Crippen molar-refractivity contribution in [1.82, 2.24) is 10.5 Å². The monoisotopic (exact) mass is 228 g/mol. The molecule has 0 aliphatic carbocycles. The van der Waals surface area contributed by atoms with Crippen LogP contribution in [-0.2, 0) is 16.0 Å². The highest BCUT2D eigenvalue weighted by Gasteiger charge is 2.07. The summed E-state index contributed by atoms with van der Waals surface area (Å²) >= 11 is 0. The van der Waals surface area contributed by atoms with Crippen LogP contribution in [0.4, 0.5) is 0 Å². The SMILES string of the molecule is CCOC(CNCc1cc(C)on1)OCC. The van der Waals surface area contributed by atoms with Gasteiger partial charge in [0.1, 0.15) is 5.76 Å². The Balaban J connectivity index is 2.21. The van der Waals surface area contributed by atoms with Crippen molar-refractivity contribution in [1.29, 1.82) is 0 Å². The van der Waals surface area contributed by atoms with Gasteiger partial charge in [0.05, 0.1) is 5.69 Å². The summed E-state index contributed by atoms with van der Waals surface area (Å²) in [6.45, 7) is 8.38. The van der Waals surface area contributed by atoms with E-state index >= 15 is 0 Å². The molecule has 0 unspecified atom stereocenters. The fraction of sp³-hybridized carbons (Fsp3) is 0.727. The minimum absolute atomic E-state index is 0.192. The van der Waals surface area contributed by atoms with E-state index in [1.54, 1.807) is 0 Å². The fourth-order valence-electron chi connectivity index (χ4n) is 1.36. The van der Waals surface area contributed by atoms with Crippen molar-refractivity contribution in [2.45, 2.75) is 33.6 Å². The molecule has 92 valence electrons. The predicted molar refractivity (Wildman–Crippen MR) is 60.0 cm³/mol. The third-order valence-electron chi connectivity index (χ3n) is 2.00. The highest BCUT2D eigenvalue weighted by molar-refractivity contribution is 5.02. The van der Waals surface area contributed by atoms with Crippen LogP contribution in [0.25, 0.3) is 0 Å². The third kappa shape index (κ3) is 4.74. The van der Waals surface area contributed by atoms with Crippen molar-refractivity contribution in [2.75, 3.05) is 19.8 Å². The van der Waals surface area contributed by atoms with E-state index < -0.39 is 0 Å². The molecule has 0 spiro atoms. The van der Waals surface area contributed by atoms with Crippen LogP contribution in [-0.4, -0.2) is 31.2 Å². The fourth-order valence-corrected chi connectivity index (χ4v) is 1.36. The van der Waals surface area contributed by atoms with E-state index in [-0.39, 0.29) is 6.29 Å². The first-order chi connectivity index (χ1) is 7.76. The van der Waals surface area contributed by atoms with Crippen LogP contribution in [0, 0.1) is 6.92 Å². The van der Waals surface area contributed by atoms with Gasteiger partial charge in [0.2, 0.25) is 0 Å². The third-order valence-corrected chi connectivity index (χ3v) is 2.00. The summed E-state index contributed by atoms with van der Waals surface area (Å²) in [5.74, 6) is 0.822. The Morgan fingerprint density at radius 2 is 2.06 bits per heavy atom. The summed E-state index contributed by atoms with van der Waals surface area (Å²) in [7, 11) is 0. The van der Waals surface area contributed by atoms with E-state index in [0.29, 0.717) is 26.3 Å². The van der Waals surface area contributed by atoms with Crippen molar-refractivity contribution in [2.24, 2.45) is 0 Å². The Labute approximate surface area is 96.1 Å². The van der Waals surface area contributed by atoms with Gasteiger partial charge in [-0.15, -0.1) is 0 Å². The van der Waals surface area contributed by atoms with Gasteiger partial charge in [0.25, 0.3) is 0 Å². The van der Waals surface area contributed by atoms with Gasteiger partial charge in [-0.25, -0.2) is 0 Å². The lowest BCUT2D eigenvalue weighted by atomic mass is 10.4. The van der Waals surface area contributed by atoms with Gasteiger partial charge < -0.3 is 19.3 Å². The van der Waals surface area contributed by atoms with Crippen LogP contribution >= 0.6 is 0 Å². The second-order valence-corrected chi connectivity index (χ2v) is 3.40. The molecule has 0 aromatic carbocycles. The molecule has 0 fully saturated rings. The molecular weight excluding hydrogens is 208 g/mol. The Hall–Kier alpha value is -0.910. The van der Waals surface area contributed by atoms with Crippen LogP contribution in [0.15, 0.2) is 10.6 Å². The summed E-state index contributed by atoms with van der Waals surface area (Å²) in [4.78, 5) is 0. The summed E-state index contributed by atoms with van der Waals surface area (Å²) in [5, 5.41) is 7.10. The highest BCUT2D eigenvalue weighted by atomic mass is 16.7. The average molecular weight is 228 g/mol. The van der Waals surface area contributed by atoms with Gasteiger partial charge in [-0.1, -0.05) is 5.16 Å². The maximum absolute atomic E-state index is 5.40. The molecule has 0 radical (unpaired) electrons. The highest BCUT2D eigenvalue weighted by Crippen LogP contribution is 2.01. The molecule has 0 aliphatic heterocycles. The van der Waals surface area contributed by atoms with Crippen molar-refractivity contribution < 1.29 is 14.0 Å². The molecule has 1 N–H and O–H groups in total. The molecule has 1 rings (SSSR count). The largest absolute Gasteiger partial charge is 0.361 e. The lowest BCUT2D eigenvalue weighted by molar-refractivity contribution is -0.133. The minimum atomic E-state index is -0.192. The van der Waals surface area contributed by atoms with E-state index in [0.717, 1.165) is 11.5 Å². The Morgan fingerprint density at radius 3 is 2.56 bits per heavy atom. The van der Waals surface area contributed by atoms with Crippen molar-refractivity contribution in [3.05, 3.63) is 17.5 Å². The van der Waals surface area contributed by atoms with Crippen molar-refractivity contribution >= 4 is 0 Å². The van der Waals surface area contributed by atoms with Crippen LogP contribution in [0.2, 0.25) is 0 Å². The second kappa shape index (κ2) is 7.38. The summed E-state index contributed by atoms with van der Waals surface area (Å²) in [6, 6.07) is 1.91. The molecular formula is C11H20N2O3. The molecule has 16 heavy (non-hydrogen) atoms. The number of hydrogen-bond acceptors (Lipinski definition) is 5. The topological polar surface area (TPSA) is 56.5 Å². The van der Waals surface area contributed by atoms with Gasteiger partial charge in [-0.3, -0.25) is 0 Å². The van der Waals surface area contributed by atoms with Crippen LogP contribution in [0.1, 0.15) is 25.3 Å². The van der Waals surface area contributed by atoms with E-state index in [4.69, 9.17) is 14.0 Å². The zero-order valence-electron chi connectivity index (χ0n) is 10.2. The molecule has 0 saturated carbocycles. The molecule has 0 aliphatic rings. The number of ether oxygens (including phenoxy) is 2. The molecule has 1 aromatic rings. The van der Waals surface area contributed by atoms with E-state index in [9.17, 15) is 0 Å². The van der Waals surface area contributed by atoms with E-state index in [2.05, 4.69) is 10.5 Å². The van der Waals surface area contributed by atoms with Gasteiger partial charge >= 0.3 is 0 Å². The lowest BCUT2D eigenvalue weighted by Gasteiger charge is -2.16. The number of aryl methyl sites for hydroxylation is 1. The van der Waals surface area contributed by atoms with Gasteiger partial charge in [0.15, 0.2) is 6.29 Å². The van der Waals surface area contributed by atoms with E-state index in [1.165, 1.54) is 0 Å². The first kappa shape index (κ1) is 13.2. The van der Waals surface area contributed by atoms with Crippen molar-refractivity contribution in [3.8, 4) is 0 Å². The number of hydrogen-bond donors (Lipinski definition) is 1. The molecule has 0 saturated heterocycles. The van der Waals surface area contributed by atoms with Crippen LogP contribution < -0.4 is 5.32 Å². The maximum Gasteiger partial charge on any atom is 0.169 e. The minimum Gasteiger partial charge on any atom is -0.361 e. The second-order valence-electron chi connectivity index (χ2n) is 3.40. The normalized spacial score (nSPS) is 11.2. The Bertz CT molecular complexity index is 283.